The molecule has 57 heavy (non-hydrogen) atoms. The molecular weight excluding hydrogens is 689 g/mol. The highest BCUT2D eigenvalue weighted by Gasteiger charge is 2.46. The molecule has 0 aliphatic heterocycles. The van der Waals surface area contributed by atoms with Gasteiger partial charge in [-0.25, -0.2) is 0 Å². The van der Waals surface area contributed by atoms with Crippen LogP contribution in [0.5, 0.6) is 0 Å². The molecule has 1 aromatic heterocycles. The third kappa shape index (κ3) is 5.26. The molecule has 0 atom stereocenters. The van der Waals surface area contributed by atoms with Crippen LogP contribution in [0.2, 0.25) is 0 Å². The first kappa shape index (κ1) is 33.0. The first-order valence-electron chi connectivity index (χ1n) is 19.7. The highest BCUT2D eigenvalue weighted by atomic mass is 15.1. The summed E-state index contributed by atoms with van der Waals surface area (Å²) in [5.74, 6) is 0. The lowest BCUT2D eigenvalue weighted by atomic mass is 9.67. The summed E-state index contributed by atoms with van der Waals surface area (Å²) in [6.45, 7) is 0. The molecule has 1 heterocycles. The van der Waals surface area contributed by atoms with Crippen LogP contribution in [0.25, 0.3) is 49.7 Å². The van der Waals surface area contributed by atoms with Gasteiger partial charge in [0.25, 0.3) is 0 Å². The number of hydrogen-bond acceptors (Lipinski definition) is 1. The molecule has 0 amide bonds. The van der Waals surface area contributed by atoms with Crippen LogP contribution in [-0.4, -0.2) is 4.57 Å². The molecule has 2 nitrogen and oxygen atoms in total. The van der Waals surface area contributed by atoms with Crippen molar-refractivity contribution in [3.8, 4) is 28.1 Å². The van der Waals surface area contributed by atoms with Gasteiger partial charge in [0.15, 0.2) is 0 Å². The van der Waals surface area contributed by atoms with Crippen LogP contribution in [0, 0.1) is 0 Å². The van der Waals surface area contributed by atoms with E-state index in [1.54, 1.807) is 0 Å². The third-order valence-corrected chi connectivity index (χ3v) is 11.8. The Balaban J connectivity index is 1.19. The summed E-state index contributed by atoms with van der Waals surface area (Å²) in [5.41, 5.74) is 15.0. The van der Waals surface area contributed by atoms with E-state index in [4.69, 9.17) is 0 Å². The van der Waals surface area contributed by atoms with Crippen LogP contribution in [0.15, 0.2) is 231 Å². The fourth-order valence-corrected chi connectivity index (χ4v) is 9.34. The van der Waals surface area contributed by atoms with Crippen molar-refractivity contribution in [2.24, 2.45) is 0 Å². The van der Waals surface area contributed by atoms with Crippen molar-refractivity contribution in [1.29, 1.82) is 0 Å². The minimum Gasteiger partial charge on any atom is -0.310 e. The molecule has 9 aromatic carbocycles. The summed E-state index contributed by atoms with van der Waals surface area (Å²) in [7, 11) is 0. The second-order valence-electron chi connectivity index (χ2n) is 14.9. The van der Waals surface area contributed by atoms with Crippen LogP contribution < -0.4 is 4.90 Å². The Morgan fingerprint density at radius 3 is 1.58 bits per heavy atom. The van der Waals surface area contributed by atoms with Gasteiger partial charge in [0, 0.05) is 28.1 Å². The minimum atomic E-state index is -0.596. The summed E-state index contributed by atoms with van der Waals surface area (Å²) in [6.07, 6.45) is 0. The van der Waals surface area contributed by atoms with E-state index in [1.165, 1.54) is 66.3 Å². The molecule has 0 saturated heterocycles. The molecule has 10 aromatic rings. The third-order valence-electron chi connectivity index (χ3n) is 11.8. The Hall–Kier alpha value is -7.42. The zero-order chi connectivity index (χ0) is 37.8. The molecule has 0 saturated carbocycles. The van der Waals surface area contributed by atoms with E-state index in [-0.39, 0.29) is 0 Å². The number of rotatable bonds is 7. The van der Waals surface area contributed by atoms with Crippen LogP contribution in [-0.2, 0) is 5.41 Å². The summed E-state index contributed by atoms with van der Waals surface area (Å²) in [4.78, 5) is 2.40. The van der Waals surface area contributed by atoms with E-state index in [1.807, 2.05) is 0 Å². The molecule has 0 spiro atoms. The fraction of sp³-hybridized carbons (Fsp3) is 0.0182. The maximum Gasteiger partial charge on any atom is 0.0715 e. The Morgan fingerprint density at radius 2 is 0.877 bits per heavy atom. The summed E-state index contributed by atoms with van der Waals surface area (Å²) in [6, 6.07) is 84.4. The van der Waals surface area contributed by atoms with E-state index in [0.29, 0.717) is 0 Å². The van der Waals surface area contributed by atoms with Gasteiger partial charge in [-0.15, -0.1) is 0 Å². The van der Waals surface area contributed by atoms with E-state index in [2.05, 4.69) is 240 Å². The van der Waals surface area contributed by atoms with Crippen molar-refractivity contribution >= 4 is 38.7 Å². The molecule has 2 heteroatoms. The average Bonchev–Trinajstić information content (AvgIpc) is 3.82. The van der Waals surface area contributed by atoms with Crippen molar-refractivity contribution in [2.45, 2.75) is 5.41 Å². The minimum absolute atomic E-state index is 0.596. The standard InChI is InChI=1S/C55H38N2/c1-5-18-40(19-6-1)54-36-42-21-15-16-28-53(42)57(54)48-32-34-50-49-33-31-47(56(45-26-11-4-12-27-45)46-30-29-39-17-13-14-20-41(39)35-46)37-51(49)55(52(50)38-48,43-22-7-2-8-23-43)44-24-9-3-10-25-44/h1-38H. The molecule has 11 rings (SSSR count). The predicted octanol–water partition coefficient (Wildman–Crippen LogP) is 14.3. The monoisotopic (exact) mass is 726 g/mol. The van der Waals surface area contributed by atoms with E-state index in [0.717, 1.165) is 22.7 Å². The topological polar surface area (TPSA) is 8.17 Å². The first-order chi connectivity index (χ1) is 28.3. The molecule has 1 aliphatic rings. The summed E-state index contributed by atoms with van der Waals surface area (Å²) < 4.78 is 2.44. The first-order valence-corrected chi connectivity index (χ1v) is 19.7. The molecule has 1 aliphatic carbocycles. The van der Waals surface area contributed by atoms with E-state index in [9.17, 15) is 0 Å². The number of aromatic nitrogens is 1. The van der Waals surface area contributed by atoms with Crippen LogP contribution in [0.3, 0.4) is 0 Å². The lowest BCUT2D eigenvalue weighted by Gasteiger charge is -2.35. The lowest BCUT2D eigenvalue weighted by molar-refractivity contribution is 0.767. The summed E-state index contributed by atoms with van der Waals surface area (Å²) in [5, 5.41) is 3.66. The van der Waals surface area contributed by atoms with E-state index >= 15 is 0 Å². The van der Waals surface area contributed by atoms with Crippen molar-refractivity contribution < 1.29 is 0 Å². The van der Waals surface area contributed by atoms with Gasteiger partial charge in [0.05, 0.1) is 16.6 Å². The maximum atomic E-state index is 2.46. The zero-order valence-electron chi connectivity index (χ0n) is 31.3. The van der Waals surface area contributed by atoms with Crippen LogP contribution >= 0.6 is 0 Å². The largest absolute Gasteiger partial charge is 0.310 e. The van der Waals surface area contributed by atoms with Gasteiger partial charge in [-0.1, -0.05) is 170 Å². The molecule has 0 N–H and O–H groups in total. The van der Waals surface area contributed by atoms with Crippen molar-refractivity contribution in [2.75, 3.05) is 4.90 Å². The number of anilines is 3. The molecule has 268 valence electrons. The van der Waals surface area contributed by atoms with Crippen molar-refractivity contribution in [3.05, 3.63) is 253 Å². The van der Waals surface area contributed by atoms with Gasteiger partial charge < -0.3 is 9.47 Å². The second kappa shape index (κ2) is 13.4. The van der Waals surface area contributed by atoms with Crippen molar-refractivity contribution in [1.82, 2.24) is 4.57 Å². The Kier molecular flexibility index (Phi) is 7.75. The number of benzene rings is 9. The van der Waals surface area contributed by atoms with Gasteiger partial charge in [0.1, 0.15) is 0 Å². The second-order valence-corrected chi connectivity index (χ2v) is 14.9. The Bertz CT molecular complexity index is 3020. The summed E-state index contributed by atoms with van der Waals surface area (Å²) >= 11 is 0. The molecule has 0 fully saturated rings. The molecule has 0 unspecified atom stereocenters. The smallest absolute Gasteiger partial charge is 0.0715 e. The highest BCUT2D eigenvalue weighted by Crippen LogP contribution is 2.58. The Morgan fingerprint density at radius 1 is 0.351 bits per heavy atom. The Labute approximate surface area is 333 Å². The number of nitrogens with zero attached hydrogens (tertiary/aromatic N) is 2. The van der Waals surface area contributed by atoms with Crippen LogP contribution in [0.4, 0.5) is 17.1 Å². The molecule has 0 radical (unpaired) electrons. The van der Waals surface area contributed by atoms with Gasteiger partial charge in [-0.05, 0) is 110 Å². The van der Waals surface area contributed by atoms with Crippen LogP contribution in [0.1, 0.15) is 22.3 Å². The zero-order valence-corrected chi connectivity index (χ0v) is 31.3. The average molecular weight is 727 g/mol. The predicted molar refractivity (Wildman–Crippen MR) is 238 cm³/mol. The number of fused-ring (bicyclic) bond motifs is 5. The molecule has 0 bridgehead atoms. The quantitative estimate of drug-likeness (QED) is 0.159. The maximum absolute atomic E-state index is 2.46. The number of hydrogen-bond donors (Lipinski definition) is 0. The van der Waals surface area contributed by atoms with Gasteiger partial charge >= 0.3 is 0 Å². The van der Waals surface area contributed by atoms with Crippen molar-refractivity contribution in [3.63, 3.8) is 0 Å². The van der Waals surface area contributed by atoms with Gasteiger partial charge in [0.2, 0.25) is 0 Å². The normalized spacial score (nSPS) is 12.7. The lowest BCUT2D eigenvalue weighted by Crippen LogP contribution is -2.29. The fourth-order valence-electron chi connectivity index (χ4n) is 9.34. The van der Waals surface area contributed by atoms with Gasteiger partial charge in [-0.2, -0.15) is 0 Å². The highest BCUT2D eigenvalue weighted by molar-refractivity contribution is 5.94. The van der Waals surface area contributed by atoms with Gasteiger partial charge in [-0.3, -0.25) is 0 Å². The number of para-hydroxylation sites is 2. The SMILES string of the molecule is c1ccc(-c2cc3ccccc3n2-c2ccc3c(c2)C(c2ccccc2)(c2ccccc2)c2cc(N(c4ccccc4)c4ccc5ccccc5c4)ccc2-3)cc1. The molecular formula is C55H38N2. The van der Waals surface area contributed by atoms with E-state index < -0.39 is 5.41 Å².